The third kappa shape index (κ3) is 9.40. The second-order valence-electron chi connectivity index (χ2n) is 10.5. The van der Waals surface area contributed by atoms with Crippen molar-refractivity contribution in [1.82, 2.24) is 14.9 Å². The van der Waals surface area contributed by atoms with Crippen LogP contribution in [0.4, 0.5) is 0 Å². The lowest BCUT2D eigenvalue weighted by atomic mass is 10.1. The molecule has 0 fully saturated rings. The Morgan fingerprint density at radius 1 is 0.814 bits per heavy atom. The van der Waals surface area contributed by atoms with Gasteiger partial charge in [0, 0.05) is 41.0 Å². The lowest BCUT2D eigenvalue weighted by Gasteiger charge is -2.11. The number of ether oxygens (including phenoxy) is 1. The van der Waals surface area contributed by atoms with Gasteiger partial charge in [-0.3, -0.25) is 4.79 Å². The molecule has 1 aliphatic carbocycles. The smallest absolute Gasteiger partial charge is 0.163 e. The zero-order chi connectivity index (χ0) is 30.6. The Balaban J connectivity index is 0.000000202. The fraction of sp³-hybridized carbons (Fsp3) is 0.243. The van der Waals surface area contributed by atoms with Crippen molar-refractivity contribution in [3.05, 3.63) is 123 Å². The van der Waals surface area contributed by atoms with Gasteiger partial charge in [-0.2, -0.15) is 5.26 Å². The number of aryl methyl sites for hydroxylation is 3. The maximum absolute atomic E-state index is 11.5. The first kappa shape index (κ1) is 30.7. The Bertz CT molecular complexity index is 1780. The molecule has 6 nitrogen and oxygen atoms in total. The van der Waals surface area contributed by atoms with Gasteiger partial charge < -0.3 is 9.64 Å². The number of hydrogen-bond donors (Lipinski definition) is 0. The van der Waals surface area contributed by atoms with Gasteiger partial charge >= 0.3 is 0 Å². The van der Waals surface area contributed by atoms with Crippen molar-refractivity contribution in [1.29, 1.82) is 5.26 Å². The van der Waals surface area contributed by atoms with Crippen LogP contribution in [0.5, 0.6) is 5.75 Å². The number of nitriles is 1. The Morgan fingerprint density at radius 2 is 1.56 bits per heavy atom. The fourth-order valence-corrected chi connectivity index (χ4v) is 4.39. The number of carbonyl (C=O) groups excluding carboxylic acids is 1. The van der Waals surface area contributed by atoms with Crippen molar-refractivity contribution in [3.63, 3.8) is 0 Å². The Kier molecular flexibility index (Phi) is 10.8. The predicted molar refractivity (Wildman–Crippen MR) is 169 cm³/mol. The normalized spacial score (nSPS) is 11.2. The van der Waals surface area contributed by atoms with Crippen molar-refractivity contribution >= 4 is 5.78 Å². The Labute approximate surface area is 254 Å². The Morgan fingerprint density at radius 3 is 2.35 bits per heavy atom. The van der Waals surface area contributed by atoms with E-state index < -0.39 is 0 Å². The number of benzene rings is 2. The average molecular weight is 567 g/mol. The molecule has 6 heteroatoms. The van der Waals surface area contributed by atoms with E-state index in [9.17, 15) is 4.79 Å². The molecule has 1 aliphatic rings. The number of ketones is 1. The summed E-state index contributed by atoms with van der Waals surface area (Å²) < 4.78 is 5.83. The molecular formula is C37H34N4O2. The molecule has 0 radical (unpaired) electrons. The molecule has 0 bridgehead atoms. The molecule has 0 aliphatic heterocycles. The van der Waals surface area contributed by atoms with Crippen LogP contribution < -0.4 is 4.74 Å². The largest absolute Gasteiger partial charge is 0.491 e. The molecule has 2 aromatic heterocycles. The summed E-state index contributed by atoms with van der Waals surface area (Å²) in [6, 6.07) is 24.8. The van der Waals surface area contributed by atoms with E-state index in [1.807, 2.05) is 88.6 Å². The first-order valence-electron chi connectivity index (χ1n) is 14.2. The molecule has 0 unspecified atom stereocenters. The van der Waals surface area contributed by atoms with E-state index >= 15 is 0 Å². The van der Waals surface area contributed by atoms with Crippen LogP contribution in [0.3, 0.4) is 0 Å². The lowest BCUT2D eigenvalue weighted by Crippen LogP contribution is -2.15. The summed E-state index contributed by atoms with van der Waals surface area (Å²) in [6.45, 7) is 5.48. The minimum absolute atomic E-state index is 0.245. The SMILES string of the molecule is Cc1ccc(OCCCN(C)C)c(C#Cc2cccc(C#N)c2)n1.Cc1cccc(C#Cc2ccc3c(c2)CCC3=O)n1. The van der Waals surface area contributed by atoms with Crippen LogP contribution in [0.2, 0.25) is 0 Å². The maximum Gasteiger partial charge on any atom is 0.163 e. The molecule has 0 amide bonds. The van der Waals surface area contributed by atoms with Gasteiger partial charge in [0.25, 0.3) is 0 Å². The summed E-state index contributed by atoms with van der Waals surface area (Å²) in [7, 11) is 4.08. The number of carbonyl (C=O) groups is 1. The molecule has 0 N–H and O–H groups in total. The summed E-state index contributed by atoms with van der Waals surface area (Å²) in [5.74, 6) is 13.2. The zero-order valence-electron chi connectivity index (χ0n) is 25.1. The fourth-order valence-electron chi connectivity index (χ4n) is 4.39. The van der Waals surface area contributed by atoms with Gasteiger partial charge in [0.15, 0.2) is 17.2 Å². The number of pyridine rings is 2. The number of Topliss-reactive ketones (excluding diaryl/α,β-unsaturated/α-hetero) is 1. The summed E-state index contributed by atoms with van der Waals surface area (Å²) >= 11 is 0. The average Bonchev–Trinajstić information content (AvgIpc) is 3.38. The number of nitrogens with zero attached hydrogens (tertiary/aromatic N) is 4. The number of fused-ring (bicyclic) bond motifs is 1. The topological polar surface area (TPSA) is 79.1 Å². The Hall–Kier alpha value is -5.22. The van der Waals surface area contributed by atoms with Crippen molar-refractivity contribution in [2.75, 3.05) is 27.2 Å². The first-order valence-corrected chi connectivity index (χ1v) is 14.2. The molecule has 5 rings (SSSR count). The van der Waals surface area contributed by atoms with Crippen LogP contribution in [0.15, 0.2) is 72.8 Å². The molecular weight excluding hydrogens is 532 g/mol. The van der Waals surface area contributed by atoms with Gasteiger partial charge in [-0.05, 0) is 119 Å². The van der Waals surface area contributed by atoms with Gasteiger partial charge in [0.05, 0.1) is 18.2 Å². The molecule has 43 heavy (non-hydrogen) atoms. The van der Waals surface area contributed by atoms with Gasteiger partial charge in [0.2, 0.25) is 0 Å². The van der Waals surface area contributed by atoms with Crippen molar-refractivity contribution < 1.29 is 9.53 Å². The molecule has 0 atom stereocenters. The van der Waals surface area contributed by atoms with Gasteiger partial charge in [-0.1, -0.05) is 24.0 Å². The number of aromatic nitrogens is 2. The van der Waals surface area contributed by atoms with Crippen molar-refractivity contribution in [2.45, 2.75) is 33.1 Å². The second-order valence-corrected chi connectivity index (χ2v) is 10.5. The van der Waals surface area contributed by atoms with Crippen LogP contribution in [-0.2, 0) is 6.42 Å². The summed E-state index contributed by atoms with van der Waals surface area (Å²) in [4.78, 5) is 22.5. The molecule has 4 aromatic rings. The highest BCUT2D eigenvalue weighted by atomic mass is 16.5. The van der Waals surface area contributed by atoms with E-state index in [1.54, 1.807) is 12.1 Å². The quantitative estimate of drug-likeness (QED) is 0.221. The minimum atomic E-state index is 0.245. The molecule has 2 heterocycles. The number of rotatable bonds is 5. The van der Waals surface area contributed by atoms with Crippen LogP contribution in [-0.4, -0.2) is 47.9 Å². The van der Waals surface area contributed by atoms with Crippen molar-refractivity contribution in [2.24, 2.45) is 0 Å². The van der Waals surface area contributed by atoms with Gasteiger partial charge in [-0.15, -0.1) is 0 Å². The highest BCUT2D eigenvalue weighted by Crippen LogP contribution is 2.22. The molecule has 0 saturated heterocycles. The van der Waals surface area contributed by atoms with Gasteiger partial charge in [0.1, 0.15) is 5.69 Å². The summed E-state index contributed by atoms with van der Waals surface area (Å²) in [6.07, 6.45) is 2.41. The third-order valence-electron chi connectivity index (χ3n) is 6.57. The van der Waals surface area contributed by atoms with Crippen LogP contribution in [0.1, 0.15) is 68.2 Å². The standard InChI is InChI=1S/C20H21N3O.C17H13NO/c1-16-8-11-20(24-13-5-12-23(2)3)19(22-16)10-9-17-6-4-7-18(14-17)15-21;1-12-3-2-4-15(18-12)8-5-13-6-9-16-14(11-13)7-10-17(16)19/h4,6-8,11,14H,5,12-13H2,1-3H3;2-4,6,9,11H,7,10H2,1H3. The summed E-state index contributed by atoms with van der Waals surface area (Å²) in [5.41, 5.74) is 7.57. The van der Waals surface area contributed by atoms with Crippen LogP contribution in [0.25, 0.3) is 0 Å². The summed E-state index contributed by atoms with van der Waals surface area (Å²) in [5, 5.41) is 8.95. The zero-order valence-corrected chi connectivity index (χ0v) is 25.1. The van der Waals surface area contributed by atoms with E-state index in [0.717, 1.165) is 58.7 Å². The van der Waals surface area contributed by atoms with Crippen molar-refractivity contribution in [3.8, 4) is 35.5 Å². The second kappa shape index (κ2) is 15.1. The monoisotopic (exact) mass is 566 g/mol. The highest BCUT2D eigenvalue weighted by molar-refractivity contribution is 6.00. The van der Waals surface area contributed by atoms with Crippen LogP contribution >= 0.6 is 0 Å². The van der Waals surface area contributed by atoms with E-state index in [4.69, 9.17) is 10.00 Å². The highest BCUT2D eigenvalue weighted by Gasteiger charge is 2.18. The molecule has 0 spiro atoms. The molecule has 0 saturated carbocycles. The minimum Gasteiger partial charge on any atom is -0.491 e. The van der Waals surface area contributed by atoms with E-state index in [0.29, 0.717) is 30.0 Å². The molecule has 214 valence electrons. The number of hydrogen-bond acceptors (Lipinski definition) is 6. The lowest BCUT2D eigenvalue weighted by molar-refractivity contribution is 0.0994. The molecule has 2 aromatic carbocycles. The third-order valence-corrected chi connectivity index (χ3v) is 6.57. The predicted octanol–water partition coefficient (Wildman–Crippen LogP) is 5.91. The first-order chi connectivity index (χ1) is 20.8. The van der Waals surface area contributed by atoms with E-state index in [-0.39, 0.29) is 5.78 Å². The maximum atomic E-state index is 11.5. The van der Waals surface area contributed by atoms with Crippen LogP contribution in [0, 0.1) is 48.9 Å². The van der Waals surface area contributed by atoms with E-state index in [1.165, 1.54) is 0 Å². The van der Waals surface area contributed by atoms with E-state index in [2.05, 4.69) is 44.6 Å². The van der Waals surface area contributed by atoms with Gasteiger partial charge in [-0.25, -0.2) is 9.97 Å².